The van der Waals surface area contributed by atoms with E-state index < -0.39 is 5.91 Å². The van der Waals surface area contributed by atoms with E-state index in [2.05, 4.69) is 37.0 Å². The van der Waals surface area contributed by atoms with Crippen molar-refractivity contribution in [2.45, 2.75) is 52.2 Å². The number of ether oxygens (including phenoxy) is 1. The van der Waals surface area contributed by atoms with Gasteiger partial charge >= 0.3 is 0 Å². The number of aromatic nitrogens is 1. The maximum absolute atomic E-state index is 11.1. The second kappa shape index (κ2) is 11.1. The van der Waals surface area contributed by atoms with Gasteiger partial charge in [-0.2, -0.15) is 0 Å². The summed E-state index contributed by atoms with van der Waals surface area (Å²) in [5.74, 6) is -0.470. The molecule has 168 valence electrons. The number of nitrogens with two attached hydrogens (primary N) is 2. The Kier molecular flexibility index (Phi) is 8.26. The average molecular weight is 452 g/mol. The molecule has 0 spiro atoms. The van der Waals surface area contributed by atoms with Crippen LogP contribution in [0.15, 0.2) is 54.7 Å². The molecule has 0 atom stereocenters. The molecule has 1 saturated carbocycles. The van der Waals surface area contributed by atoms with Crippen LogP contribution in [-0.4, -0.2) is 17.0 Å². The van der Waals surface area contributed by atoms with E-state index in [4.69, 9.17) is 27.8 Å². The highest BCUT2D eigenvalue weighted by Gasteiger charge is 2.15. The monoisotopic (exact) mass is 451 g/mol. The zero-order valence-corrected chi connectivity index (χ0v) is 19.4. The maximum atomic E-state index is 11.1. The molecule has 2 aromatic carbocycles. The first kappa shape index (κ1) is 23.8. The number of hydrogen-bond acceptors (Lipinski definition) is 4. The molecule has 3 aromatic rings. The van der Waals surface area contributed by atoms with Crippen LogP contribution in [-0.2, 0) is 11.3 Å². The van der Waals surface area contributed by atoms with Crippen LogP contribution >= 0.6 is 11.6 Å². The van der Waals surface area contributed by atoms with Crippen LogP contribution in [0.4, 0.5) is 5.82 Å². The number of pyridine rings is 1. The number of carbonyl (C=O) groups is 1. The topological polar surface area (TPSA) is 91.2 Å². The van der Waals surface area contributed by atoms with Gasteiger partial charge in [-0.25, -0.2) is 4.98 Å². The van der Waals surface area contributed by atoms with E-state index in [1.807, 2.05) is 12.1 Å². The highest BCUT2D eigenvalue weighted by molar-refractivity contribution is 6.30. The van der Waals surface area contributed by atoms with Crippen molar-refractivity contribution in [1.82, 2.24) is 4.98 Å². The highest BCUT2D eigenvalue weighted by Crippen LogP contribution is 2.24. The summed E-state index contributed by atoms with van der Waals surface area (Å²) in [5, 5.41) is 0.611. The molecule has 0 saturated heterocycles. The van der Waals surface area contributed by atoms with Gasteiger partial charge in [-0.05, 0) is 67.1 Å². The van der Waals surface area contributed by atoms with Gasteiger partial charge in [0.05, 0.1) is 18.3 Å². The SMILES string of the molecule is Cc1ccc(COC2CCCC2)cc1C.NC(=O)c1cc(-c2cccc(Cl)c2)cnc1N. The first-order valence-corrected chi connectivity index (χ1v) is 11.2. The largest absolute Gasteiger partial charge is 0.383 e. The number of rotatable bonds is 5. The number of hydrogen-bond donors (Lipinski definition) is 2. The molecular weight excluding hydrogens is 422 g/mol. The summed E-state index contributed by atoms with van der Waals surface area (Å²) in [6.07, 6.45) is 7.30. The molecular formula is C26H30ClN3O2. The first-order chi connectivity index (χ1) is 15.3. The van der Waals surface area contributed by atoms with E-state index in [1.165, 1.54) is 42.4 Å². The minimum Gasteiger partial charge on any atom is -0.383 e. The van der Waals surface area contributed by atoms with E-state index in [1.54, 1.807) is 24.4 Å². The van der Waals surface area contributed by atoms with Crippen LogP contribution in [0.25, 0.3) is 11.1 Å². The Hall–Kier alpha value is -2.89. The van der Waals surface area contributed by atoms with Gasteiger partial charge in [-0.1, -0.05) is 54.8 Å². The van der Waals surface area contributed by atoms with Crippen molar-refractivity contribution in [3.8, 4) is 11.1 Å². The lowest BCUT2D eigenvalue weighted by atomic mass is 10.1. The van der Waals surface area contributed by atoms with Gasteiger partial charge in [0.15, 0.2) is 0 Å². The van der Waals surface area contributed by atoms with Crippen LogP contribution in [0.5, 0.6) is 0 Å². The number of nitrogen functional groups attached to an aromatic ring is 1. The van der Waals surface area contributed by atoms with Gasteiger partial charge in [-0.3, -0.25) is 4.79 Å². The van der Waals surface area contributed by atoms with Crippen LogP contribution in [0.3, 0.4) is 0 Å². The van der Waals surface area contributed by atoms with Gasteiger partial charge in [0, 0.05) is 16.8 Å². The number of anilines is 1. The minimum atomic E-state index is -0.598. The van der Waals surface area contributed by atoms with Crippen molar-refractivity contribution in [2.75, 3.05) is 5.73 Å². The fraction of sp³-hybridized carbons (Fsp3) is 0.308. The summed E-state index contributed by atoms with van der Waals surface area (Å²) in [6, 6.07) is 15.4. The molecule has 1 aromatic heterocycles. The number of aryl methyl sites for hydroxylation is 2. The molecule has 0 radical (unpaired) electrons. The molecule has 4 rings (SSSR count). The minimum absolute atomic E-state index is 0.128. The van der Waals surface area contributed by atoms with Crippen molar-refractivity contribution in [3.05, 3.63) is 82.0 Å². The Balaban J connectivity index is 0.000000182. The van der Waals surface area contributed by atoms with Crippen LogP contribution in [0.1, 0.15) is 52.7 Å². The average Bonchev–Trinajstić information content (AvgIpc) is 3.29. The number of primary amides is 1. The summed E-state index contributed by atoms with van der Waals surface area (Å²) < 4.78 is 5.88. The molecule has 0 aliphatic heterocycles. The predicted molar refractivity (Wildman–Crippen MR) is 131 cm³/mol. The fourth-order valence-corrected chi connectivity index (χ4v) is 3.85. The third-order valence-corrected chi connectivity index (χ3v) is 5.94. The molecule has 4 N–H and O–H groups in total. The molecule has 1 aliphatic carbocycles. The maximum Gasteiger partial charge on any atom is 0.252 e. The number of nitrogens with zero attached hydrogens (tertiary/aromatic N) is 1. The molecule has 1 heterocycles. The lowest BCUT2D eigenvalue weighted by Gasteiger charge is -2.11. The molecule has 6 heteroatoms. The molecule has 1 aliphatic rings. The summed E-state index contributed by atoms with van der Waals surface area (Å²) in [6.45, 7) is 5.09. The molecule has 0 bridgehead atoms. The Morgan fingerprint density at radius 2 is 1.81 bits per heavy atom. The Morgan fingerprint density at radius 3 is 2.47 bits per heavy atom. The van der Waals surface area contributed by atoms with Gasteiger partial charge in [0.2, 0.25) is 0 Å². The molecule has 0 unspecified atom stereocenters. The lowest BCUT2D eigenvalue weighted by molar-refractivity contribution is 0.0456. The van der Waals surface area contributed by atoms with Crippen molar-refractivity contribution in [2.24, 2.45) is 5.73 Å². The summed E-state index contributed by atoms with van der Waals surface area (Å²) in [7, 11) is 0. The Labute approximate surface area is 194 Å². The zero-order chi connectivity index (χ0) is 23.1. The summed E-state index contributed by atoms with van der Waals surface area (Å²) in [5.41, 5.74) is 16.6. The second-order valence-electron chi connectivity index (χ2n) is 8.17. The van der Waals surface area contributed by atoms with Gasteiger partial charge in [0.1, 0.15) is 5.82 Å². The molecule has 32 heavy (non-hydrogen) atoms. The van der Waals surface area contributed by atoms with E-state index in [9.17, 15) is 4.79 Å². The second-order valence-corrected chi connectivity index (χ2v) is 8.60. The van der Waals surface area contributed by atoms with E-state index in [0.29, 0.717) is 11.1 Å². The van der Waals surface area contributed by atoms with Crippen molar-refractivity contribution < 1.29 is 9.53 Å². The highest BCUT2D eigenvalue weighted by atomic mass is 35.5. The third-order valence-electron chi connectivity index (χ3n) is 5.70. The Morgan fingerprint density at radius 1 is 1.06 bits per heavy atom. The van der Waals surface area contributed by atoms with E-state index in [0.717, 1.165) is 17.7 Å². The Bertz CT molecular complexity index is 1080. The van der Waals surface area contributed by atoms with Crippen molar-refractivity contribution in [3.63, 3.8) is 0 Å². The van der Waals surface area contributed by atoms with Gasteiger partial charge < -0.3 is 16.2 Å². The number of benzene rings is 2. The molecule has 5 nitrogen and oxygen atoms in total. The number of carbonyl (C=O) groups excluding carboxylic acids is 1. The standard InChI is InChI=1S/C14H20O.C12H10ClN3O/c1-11-7-8-13(9-12(11)2)10-15-14-5-3-4-6-14;13-9-3-1-2-7(4-9)8-5-10(12(15)17)11(14)16-6-8/h7-9,14H,3-6,10H2,1-2H3;1-6H,(H2,14,16)(H2,15,17). The normalized spacial score (nSPS) is 13.5. The van der Waals surface area contributed by atoms with Crippen molar-refractivity contribution >= 4 is 23.3 Å². The van der Waals surface area contributed by atoms with E-state index >= 15 is 0 Å². The third kappa shape index (κ3) is 6.55. The summed E-state index contributed by atoms with van der Waals surface area (Å²) in [4.78, 5) is 15.1. The summed E-state index contributed by atoms with van der Waals surface area (Å²) >= 11 is 5.89. The van der Waals surface area contributed by atoms with Crippen LogP contribution in [0.2, 0.25) is 5.02 Å². The fourth-order valence-electron chi connectivity index (χ4n) is 3.66. The molecule has 1 amide bonds. The predicted octanol–water partition coefficient (Wildman–Crippen LogP) is 5.85. The van der Waals surface area contributed by atoms with Crippen molar-refractivity contribution in [1.29, 1.82) is 0 Å². The van der Waals surface area contributed by atoms with Gasteiger partial charge in [0.25, 0.3) is 5.91 Å². The van der Waals surface area contributed by atoms with Crippen LogP contribution < -0.4 is 11.5 Å². The molecule has 1 fully saturated rings. The lowest BCUT2D eigenvalue weighted by Crippen LogP contribution is -2.14. The first-order valence-electron chi connectivity index (χ1n) is 10.8. The van der Waals surface area contributed by atoms with E-state index in [-0.39, 0.29) is 11.4 Å². The zero-order valence-electron chi connectivity index (χ0n) is 18.6. The number of amides is 1. The van der Waals surface area contributed by atoms with Crippen LogP contribution in [0, 0.1) is 13.8 Å². The van der Waals surface area contributed by atoms with Gasteiger partial charge in [-0.15, -0.1) is 0 Å². The number of halogens is 1. The quantitative estimate of drug-likeness (QED) is 0.509. The smallest absolute Gasteiger partial charge is 0.252 e.